The van der Waals surface area contributed by atoms with Gasteiger partial charge in [-0.1, -0.05) is 51.1 Å². The lowest BCUT2D eigenvalue weighted by molar-refractivity contribution is -0.144. The molecule has 2 aromatic carbocycles. The summed E-state index contributed by atoms with van der Waals surface area (Å²) in [4.78, 5) is 87.3. The Morgan fingerprint density at radius 2 is 1.71 bits per heavy atom. The van der Waals surface area contributed by atoms with E-state index in [9.17, 15) is 37.9 Å². The summed E-state index contributed by atoms with van der Waals surface area (Å²) in [5, 5.41) is 27.0. The average molecular weight is 1080 g/mol. The standard InChI is InChI=1S/C55H64F2N12O7S/c1-33-49(77-32-59-33)35-12-10-34(11-13-35)29-58-53(74)44-28-38(70)31-68(44)54(75)50(55(2,3)4)65-47(71)19-25-76-26-20-48(72)66-22-16-37(17-23-66)61-45-9-5-7-41(62-45)52(73)63-42-30-60-69-24-18-46(64-51(42)69)67-21-6-8-43(67)39-27-36(56)14-15-40(39)57/h5,7,9-15,18,24,27,30,32,37-38,43-44,50,70H,6,8,16-17,19-23,25-26,28-29,31H2,1-4H3,(H,58,74)(H,61,62)(H,63,73)(H,65,71)/t38-,43-,44+,50-/m1/s1. The quantitative estimate of drug-likeness (QED) is 0.0585. The summed E-state index contributed by atoms with van der Waals surface area (Å²) >= 11 is 1.56. The zero-order chi connectivity index (χ0) is 54.4. The van der Waals surface area contributed by atoms with E-state index < -0.39 is 64.9 Å². The minimum atomic E-state index is -0.986. The number of aryl methyl sites for hydroxylation is 1. The number of likely N-dealkylation sites (tertiary alicyclic amines) is 2. The monoisotopic (exact) mass is 1070 g/mol. The van der Waals surface area contributed by atoms with E-state index in [4.69, 9.17) is 9.72 Å². The molecule has 22 heteroatoms. The van der Waals surface area contributed by atoms with Crippen LogP contribution in [0.15, 0.2) is 84.6 Å². The van der Waals surface area contributed by atoms with Gasteiger partial charge in [0.05, 0.1) is 54.1 Å². The van der Waals surface area contributed by atoms with Gasteiger partial charge in [-0.25, -0.2) is 28.2 Å². The molecule has 19 nitrogen and oxygen atoms in total. The number of halogens is 2. The van der Waals surface area contributed by atoms with E-state index in [0.29, 0.717) is 61.9 Å². The highest BCUT2D eigenvalue weighted by Gasteiger charge is 2.44. The summed E-state index contributed by atoms with van der Waals surface area (Å²) in [7, 11) is 0. The van der Waals surface area contributed by atoms with Crippen molar-refractivity contribution in [2.24, 2.45) is 5.41 Å². The summed E-state index contributed by atoms with van der Waals surface area (Å²) in [5.74, 6) is -1.77. The molecule has 0 spiro atoms. The van der Waals surface area contributed by atoms with E-state index in [0.717, 1.165) is 40.3 Å². The van der Waals surface area contributed by atoms with Crippen LogP contribution < -0.4 is 26.2 Å². The molecule has 5 N–H and O–H groups in total. The highest BCUT2D eigenvalue weighted by atomic mass is 32.1. The summed E-state index contributed by atoms with van der Waals surface area (Å²) in [6, 6.07) is 15.8. The molecule has 3 saturated heterocycles. The summed E-state index contributed by atoms with van der Waals surface area (Å²) in [6.45, 7) is 9.34. The number of hydrogen-bond donors (Lipinski definition) is 5. The Hall–Kier alpha value is -7.43. The number of amides is 5. The summed E-state index contributed by atoms with van der Waals surface area (Å²) < 4.78 is 36.1. The predicted octanol–water partition coefficient (Wildman–Crippen LogP) is 6.44. The zero-order valence-electron chi connectivity index (χ0n) is 43.5. The van der Waals surface area contributed by atoms with Gasteiger partial charge in [0.25, 0.3) is 5.91 Å². The number of anilines is 3. The van der Waals surface area contributed by atoms with Crippen molar-refractivity contribution in [3.8, 4) is 10.4 Å². The second-order valence-corrected chi connectivity index (χ2v) is 21.7. The molecule has 6 aromatic rings. The molecule has 4 atom stereocenters. The number of nitrogens with one attached hydrogen (secondary N) is 4. The van der Waals surface area contributed by atoms with Gasteiger partial charge in [-0.05, 0) is 85.5 Å². The second-order valence-electron chi connectivity index (χ2n) is 20.8. The molecule has 0 bridgehead atoms. The van der Waals surface area contributed by atoms with E-state index >= 15 is 0 Å². The third-order valence-electron chi connectivity index (χ3n) is 14.3. The van der Waals surface area contributed by atoms with Crippen LogP contribution in [-0.4, -0.2) is 133 Å². The number of aliphatic hydroxyl groups is 1. The van der Waals surface area contributed by atoms with Gasteiger partial charge in [0.15, 0.2) is 5.65 Å². The molecule has 3 fully saturated rings. The van der Waals surface area contributed by atoms with E-state index in [2.05, 4.69) is 36.3 Å². The maximum Gasteiger partial charge on any atom is 0.274 e. The number of aliphatic hydroxyl groups excluding tert-OH is 1. The van der Waals surface area contributed by atoms with E-state index in [1.807, 2.05) is 56.9 Å². The van der Waals surface area contributed by atoms with Gasteiger partial charge < -0.3 is 45.8 Å². The van der Waals surface area contributed by atoms with Crippen molar-refractivity contribution >= 4 is 63.8 Å². The largest absolute Gasteiger partial charge is 0.391 e. The van der Waals surface area contributed by atoms with Crippen molar-refractivity contribution < 1.29 is 42.6 Å². The van der Waals surface area contributed by atoms with Crippen molar-refractivity contribution in [2.75, 3.05) is 54.9 Å². The fourth-order valence-corrected chi connectivity index (χ4v) is 11.0. The number of rotatable bonds is 18. The number of carbonyl (C=O) groups excluding carboxylic acids is 5. The van der Waals surface area contributed by atoms with Crippen LogP contribution in [0.3, 0.4) is 0 Å². The molecule has 406 valence electrons. The number of thiazole rings is 1. The third-order valence-corrected chi connectivity index (χ3v) is 15.3. The van der Waals surface area contributed by atoms with E-state index in [1.165, 1.54) is 21.7 Å². The first-order valence-corrected chi connectivity index (χ1v) is 26.9. The number of fused-ring (bicyclic) bond motifs is 1. The highest BCUT2D eigenvalue weighted by Crippen LogP contribution is 2.37. The number of pyridine rings is 1. The predicted molar refractivity (Wildman–Crippen MR) is 286 cm³/mol. The highest BCUT2D eigenvalue weighted by molar-refractivity contribution is 7.13. The third kappa shape index (κ3) is 13.1. The normalized spacial score (nSPS) is 18.4. The maximum atomic E-state index is 14.8. The van der Waals surface area contributed by atoms with Crippen LogP contribution in [0, 0.1) is 24.0 Å². The minimum absolute atomic E-state index is 0.00651. The molecule has 0 aliphatic carbocycles. The smallest absolute Gasteiger partial charge is 0.274 e. The number of benzene rings is 2. The van der Waals surface area contributed by atoms with Gasteiger partial charge in [0.1, 0.15) is 46.7 Å². The number of ether oxygens (including phenoxy) is 1. The number of nitrogens with zero attached hydrogens (tertiary/aromatic N) is 8. The Morgan fingerprint density at radius 3 is 2.47 bits per heavy atom. The van der Waals surface area contributed by atoms with E-state index in [1.54, 1.807) is 52.2 Å². The number of hydrogen-bond acceptors (Lipinski definition) is 14. The first-order chi connectivity index (χ1) is 37.0. The Morgan fingerprint density at radius 1 is 0.935 bits per heavy atom. The van der Waals surface area contributed by atoms with Crippen molar-refractivity contribution in [1.82, 2.24) is 45.0 Å². The molecule has 4 aromatic heterocycles. The van der Waals surface area contributed by atoms with Crippen LogP contribution in [0.5, 0.6) is 0 Å². The molecular formula is C55H64F2N12O7S. The molecular weight excluding hydrogens is 1010 g/mol. The molecule has 5 amide bonds. The molecule has 3 aliphatic rings. The van der Waals surface area contributed by atoms with Crippen molar-refractivity contribution in [2.45, 2.75) is 109 Å². The van der Waals surface area contributed by atoms with Crippen LogP contribution >= 0.6 is 11.3 Å². The molecule has 9 rings (SSSR count). The molecule has 0 radical (unpaired) electrons. The molecule has 0 saturated carbocycles. The van der Waals surface area contributed by atoms with Gasteiger partial charge >= 0.3 is 0 Å². The Labute approximate surface area is 448 Å². The van der Waals surface area contributed by atoms with Crippen LogP contribution in [0.2, 0.25) is 0 Å². The van der Waals surface area contributed by atoms with Crippen molar-refractivity contribution in [1.29, 1.82) is 0 Å². The molecule has 3 aliphatic heterocycles. The second kappa shape index (κ2) is 23.9. The SMILES string of the molecule is Cc1ncsc1-c1ccc(CNC(=O)[C@@H]2C[C@@H](O)CN2C(=O)[C@@H](NC(=O)CCOCCC(=O)N2CCC(Nc3cccc(C(=O)Nc4cnn5ccc(N6CCC[C@@H]6c6cc(F)ccc6F)nc45)n3)CC2)C(C)(C)C)cc1. The average Bonchev–Trinajstić information content (AvgIpc) is 4.28. The van der Waals surface area contributed by atoms with Gasteiger partial charge in [0, 0.05) is 63.4 Å². The van der Waals surface area contributed by atoms with Crippen molar-refractivity contribution in [3.05, 3.63) is 119 Å². The first kappa shape index (κ1) is 54.4. The lowest BCUT2D eigenvalue weighted by atomic mass is 9.85. The fourth-order valence-electron chi connectivity index (χ4n) is 10.1. The molecule has 0 unspecified atom stereocenters. The van der Waals surface area contributed by atoms with Crippen LogP contribution in [0.4, 0.5) is 26.1 Å². The molecule has 77 heavy (non-hydrogen) atoms. The van der Waals surface area contributed by atoms with Gasteiger partial charge in [-0.3, -0.25) is 24.0 Å². The fraction of sp³-hybridized carbons (Fsp3) is 0.436. The lowest BCUT2D eigenvalue weighted by Crippen LogP contribution is -2.57. The number of piperidine rings is 1. The Kier molecular flexibility index (Phi) is 16.8. The van der Waals surface area contributed by atoms with Gasteiger partial charge in [0.2, 0.25) is 23.6 Å². The topological polar surface area (TPSA) is 229 Å². The number of carbonyl (C=O) groups is 5. The van der Waals surface area contributed by atoms with Crippen molar-refractivity contribution in [3.63, 3.8) is 0 Å². The van der Waals surface area contributed by atoms with E-state index in [-0.39, 0.29) is 68.8 Å². The Balaban J connectivity index is 0.691. The summed E-state index contributed by atoms with van der Waals surface area (Å²) in [6.07, 6.45) is 5.12. The molecule has 7 heterocycles. The number of β-amino-alcohol motifs (C(OH)–C–C–N with tert-alkyl or cyclic N) is 1. The van der Waals surface area contributed by atoms with Gasteiger partial charge in [-0.15, -0.1) is 11.3 Å². The summed E-state index contributed by atoms with van der Waals surface area (Å²) in [5.41, 5.74) is 5.10. The van der Waals surface area contributed by atoms with Gasteiger partial charge in [-0.2, -0.15) is 5.10 Å². The zero-order valence-corrected chi connectivity index (χ0v) is 44.3. The maximum absolute atomic E-state index is 14.8. The van der Waals surface area contributed by atoms with Crippen LogP contribution in [-0.2, 0) is 30.5 Å². The number of aromatic nitrogens is 5. The van der Waals surface area contributed by atoms with Crippen LogP contribution in [0.25, 0.3) is 16.1 Å². The lowest BCUT2D eigenvalue weighted by Gasteiger charge is -2.35. The first-order valence-electron chi connectivity index (χ1n) is 26.0. The minimum Gasteiger partial charge on any atom is -0.391 e. The Bertz CT molecular complexity index is 3100. The van der Waals surface area contributed by atoms with Crippen LogP contribution in [0.1, 0.15) is 99.1 Å².